The summed E-state index contributed by atoms with van der Waals surface area (Å²) in [5.74, 6) is 0.831. The van der Waals surface area contributed by atoms with Gasteiger partial charge in [0.2, 0.25) is 0 Å². The molecule has 156 valence electrons. The Labute approximate surface area is 176 Å². The van der Waals surface area contributed by atoms with Crippen LogP contribution in [0.2, 0.25) is 0 Å². The number of nitrogens with zero attached hydrogens (tertiary/aromatic N) is 3. The molecule has 0 aromatic carbocycles. The van der Waals surface area contributed by atoms with E-state index in [1.807, 2.05) is 19.9 Å². The van der Waals surface area contributed by atoms with Gasteiger partial charge in [-0.15, -0.1) is 0 Å². The van der Waals surface area contributed by atoms with E-state index in [4.69, 9.17) is 0 Å². The fourth-order valence-electron chi connectivity index (χ4n) is 6.43. The van der Waals surface area contributed by atoms with Crippen LogP contribution in [0.15, 0.2) is 30.7 Å². The molecule has 2 N–H and O–H groups in total. The molecule has 2 heterocycles. The molecule has 2 amide bonds. The zero-order chi connectivity index (χ0) is 20.9. The molecule has 0 aliphatic heterocycles. The van der Waals surface area contributed by atoms with Crippen LogP contribution in [-0.2, 0) is 0 Å². The predicted molar refractivity (Wildman–Crippen MR) is 111 cm³/mol. The molecular formula is C23H27N5O2. The highest BCUT2D eigenvalue weighted by Gasteiger charge is 2.58. The number of aromatic nitrogens is 3. The second kappa shape index (κ2) is 6.86. The van der Waals surface area contributed by atoms with Gasteiger partial charge in [0.15, 0.2) is 0 Å². The van der Waals surface area contributed by atoms with Gasteiger partial charge in [0.1, 0.15) is 5.69 Å². The second-order valence-electron chi connectivity index (χ2n) is 9.66. The van der Waals surface area contributed by atoms with E-state index in [1.165, 1.54) is 12.6 Å². The number of hydrogen-bond donors (Lipinski definition) is 2. The Bertz CT molecular complexity index is 929. The van der Waals surface area contributed by atoms with Crippen LogP contribution in [0.1, 0.15) is 70.8 Å². The lowest BCUT2D eigenvalue weighted by molar-refractivity contribution is -0.0448. The standard InChI is InChI=1S/C23H27N5O2/c1-14-5-18(3-4-25-14)20(29)27-22-7-16-6-17(8-22)10-23(9-16,13-22)28-21(30)19-12-24-11-15(2)26-19/h3-5,11-12,16-17H,6-10,13H2,1-2H3,(H,27,29)(H,28,30). The lowest BCUT2D eigenvalue weighted by atomic mass is 9.49. The van der Waals surface area contributed by atoms with Gasteiger partial charge in [0.05, 0.1) is 11.9 Å². The molecule has 4 aliphatic carbocycles. The summed E-state index contributed by atoms with van der Waals surface area (Å²) in [4.78, 5) is 38.6. The lowest BCUT2D eigenvalue weighted by Gasteiger charge is -2.62. The Morgan fingerprint density at radius 2 is 1.63 bits per heavy atom. The van der Waals surface area contributed by atoms with Crippen molar-refractivity contribution in [3.63, 3.8) is 0 Å². The quantitative estimate of drug-likeness (QED) is 0.815. The van der Waals surface area contributed by atoms with E-state index in [-0.39, 0.29) is 22.9 Å². The third-order valence-electron chi connectivity index (χ3n) is 6.96. The molecule has 2 aromatic heterocycles. The Kier molecular flexibility index (Phi) is 4.38. The third-order valence-corrected chi connectivity index (χ3v) is 6.96. The molecule has 2 unspecified atom stereocenters. The van der Waals surface area contributed by atoms with Gasteiger partial charge in [0, 0.05) is 34.7 Å². The van der Waals surface area contributed by atoms with E-state index in [2.05, 4.69) is 25.6 Å². The molecule has 4 saturated carbocycles. The molecule has 0 radical (unpaired) electrons. The number of rotatable bonds is 4. The molecule has 4 bridgehead atoms. The summed E-state index contributed by atoms with van der Waals surface area (Å²) >= 11 is 0. The first-order valence-electron chi connectivity index (χ1n) is 10.7. The number of pyridine rings is 1. The van der Waals surface area contributed by atoms with Gasteiger partial charge in [-0.05, 0) is 76.3 Å². The summed E-state index contributed by atoms with van der Waals surface area (Å²) in [5.41, 5.74) is 2.01. The molecule has 30 heavy (non-hydrogen) atoms. The number of carbonyl (C=O) groups is 2. The van der Waals surface area contributed by atoms with E-state index < -0.39 is 0 Å². The summed E-state index contributed by atoms with van der Waals surface area (Å²) in [6.07, 6.45) is 10.7. The molecule has 0 saturated heterocycles. The molecule has 7 nitrogen and oxygen atoms in total. The van der Waals surface area contributed by atoms with Gasteiger partial charge in [-0.2, -0.15) is 0 Å². The van der Waals surface area contributed by atoms with Crippen molar-refractivity contribution in [2.75, 3.05) is 0 Å². The van der Waals surface area contributed by atoms with Crippen molar-refractivity contribution < 1.29 is 9.59 Å². The Morgan fingerprint density at radius 3 is 2.27 bits per heavy atom. The SMILES string of the molecule is Cc1cc(C(=O)NC23CC4CC(C2)CC(NC(=O)c2cncc(C)n2)(C4)C3)ccn1. The predicted octanol–water partition coefficient (Wildman–Crippen LogP) is 2.74. The Hall–Kier alpha value is -2.83. The van der Waals surface area contributed by atoms with Crippen molar-refractivity contribution in [2.24, 2.45) is 11.8 Å². The van der Waals surface area contributed by atoms with Crippen molar-refractivity contribution in [2.45, 2.75) is 63.5 Å². The summed E-state index contributed by atoms with van der Waals surface area (Å²) in [7, 11) is 0. The van der Waals surface area contributed by atoms with Crippen LogP contribution in [0.5, 0.6) is 0 Å². The van der Waals surface area contributed by atoms with Gasteiger partial charge >= 0.3 is 0 Å². The highest BCUT2D eigenvalue weighted by molar-refractivity contribution is 5.95. The van der Waals surface area contributed by atoms with Crippen molar-refractivity contribution in [1.82, 2.24) is 25.6 Å². The number of aryl methyl sites for hydroxylation is 2. The van der Waals surface area contributed by atoms with Crippen LogP contribution in [-0.4, -0.2) is 37.8 Å². The first-order chi connectivity index (χ1) is 14.3. The molecule has 6 rings (SSSR count). The highest BCUT2D eigenvalue weighted by atomic mass is 16.2. The van der Waals surface area contributed by atoms with Crippen LogP contribution in [0, 0.1) is 25.7 Å². The van der Waals surface area contributed by atoms with Gasteiger partial charge in [-0.3, -0.25) is 19.6 Å². The van der Waals surface area contributed by atoms with E-state index >= 15 is 0 Å². The van der Waals surface area contributed by atoms with Gasteiger partial charge in [0.25, 0.3) is 11.8 Å². The second-order valence-corrected chi connectivity index (χ2v) is 9.66. The number of amides is 2. The van der Waals surface area contributed by atoms with Crippen molar-refractivity contribution in [3.8, 4) is 0 Å². The normalized spacial score (nSPS) is 31.4. The minimum Gasteiger partial charge on any atom is -0.346 e. The zero-order valence-electron chi connectivity index (χ0n) is 17.4. The van der Waals surface area contributed by atoms with Crippen molar-refractivity contribution in [3.05, 3.63) is 53.4 Å². The number of nitrogens with one attached hydrogen (secondary N) is 2. The van der Waals surface area contributed by atoms with Crippen molar-refractivity contribution >= 4 is 11.8 Å². The minimum absolute atomic E-state index is 0.0477. The zero-order valence-corrected chi connectivity index (χ0v) is 17.4. The monoisotopic (exact) mass is 405 g/mol. The number of carbonyl (C=O) groups excluding carboxylic acids is 2. The minimum atomic E-state index is -0.284. The fraction of sp³-hybridized carbons (Fsp3) is 0.522. The van der Waals surface area contributed by atoms with Gasteiger partial charge in [-0.25, -0.2) is 4.98 Å². The maximum absolute atomic E-state index is 13.0. The van der Waals surface area contributed by atoms with E-state index in [1.54, 1.807) is 18.5 Å². The van der Waals surface area contributed by atoms with Crippen LogP contribution >= 0.6 is 0 Å². The Balaban J connectivity index is 1.38. The Morgan fingerprint density at radius 1 is 0.967 bits per heavy atom. The fourth-order valence-corrected chi connectivity index (χ4v) is 6.43. The van der Waals surface area contributed by atoms with Gasteiger partial charge in [-0.1, -0.05) is 0 Å². The summed E-state index contributed by atoms with van der Waals surface area (Å²) in [6.45, 7) is 3.72. The molecule has 4 fully saturated rings. The largest absolute Gasteiger partial charge is 0.346 e. The van der Waals surface area contributed by atoms with E-state index in [0.717, 1.165) is 43.5 Å². The summed E-state index contributed by atoms with van der Waals surface area (Å²) in [6, 6.07) is 3.58. The summed E-state index contributed by atoms with van der Waals surface area (Å²) in [5, 5.41) is 6.68. The smallest absolute Gasteiger partial charge is 0.271 e. The molecule has 2 aromatic rings. The number of hydrogen-bond acceptors (Lipinski definition) is 5. The van der Waals surface area contributed by atoms with E-state index in [9.17, 15) is 9.59 Å². The topological polar surface area (TPSA) is 96.9 Å². The van der Waals surface area contributed by atoms with Crippen LogP contribution in [0.4, 0.5) is 0 Å². The van der Waals surface area contributed by atoms with E-state index in [0.29, 0.717) is 23.1 Å². The average molecular weight is 406 g/mol. The lowest BCUT2D eigenvalue weighted by Crippen LogP contribution is -2.69. The third kappa shape index (κ3) is 3.46. The van der Waals surface area contributed by atoms with Crippen molar-refractivity contribution in [1.29, 1.82) is 0 Å². The molecule has 7 heteroatoms. The molecular weight excluding hydrogens is 378 g/mol. The maximum Gasteiger partial charge on any atom is 0.271 e. The van der Waals surface area contributed by atoms with Gasteiger partial charge < -0.3 is 10.6 Å². The first-order valence-corrected chi connectivity index (χ1v) is 10.7. The van der Waals surface area contributed by atoms with Crippen LogP contribution in [0.3, 0.4) is 0 Å². The van der Waals surface area contributed by atoms with Crippen LogP contribution in [0.25, 0.3) is 0 Å². The average Bonchev–Trinajstić information content (AvgIpc) is 2.66. The molecule has 0 spiro atoms. The highest BCUT2D eigenvalue weighted by Crippen LogP contribution is 2.57. The first kappa shape index (κ1) is 19.2. The molecule has 4 aliphatic rings. The van der Waals surface area contributed by atoms with Crippen LogP contribution < -0.4 is 10.6 Å². The maximum atomic E-state index is 13.0. The summed E-state index contributed by atoms with van der Waals surface area (Å²) < 4.78 is 0. The molecule has 2 atom stereocenters.